The molecule has 0 saturated carbocycles. The molecule has 1 saturated heterocycles. The molecule has 3 amide bonds. The number of anilines is 2. The van der Waals surface area contributed by atoms with Crippen molar-refractivity contribution >= 4 is 23.3 Å². The highest BCUT2D eigenvalue weighted by atomic mass is 16.2. The van der Waals surface area contributed by atoms with Gasteiger partial charge >= 0.3 is 6.03 Å². The molecule has 1 fully saturated rings. The van der Waals surface area contributed by atoms with Gasteiger partial charge in [-0.2, -0.15) is 0 Å². The van der Waals surface area contributed by atoms with Gasteiger partial charge in [0, 0.05) is 30.9 Å². The maximum absolute atomic E-state index is 11.9. The number of hydrogen-bond acceptors (Lipinski definition) is 2. The van der Waals surface area contributed by atoms with Crippen LogP contribution in [0.4, 0.5) is 16.2 Å². The molecule has 124 valence electrons. The molecule has 0 spiro atoms. The highest BCUT2D eigenvalue weighted by Crippen LogP contribution is 2.21. The molecule has 5 heteroatoms. The number of amides is 3. The fourth-order valence-corrected chi connectivity index (χ4v) is 2.71. The van der Waals surface area contributed by atoms with E-state index in [1.807, 2.05) is 55.5 Å². The van der Waals surface area contributed by atoms with Crippen LogP contribution in [0.1, 0.15) is 24.0 Å². The van der Waals surface area contributed by atoms with Gasteiger partial charge in [0.25, 0.3) is 0 Å². The van der Waals surface area contributed by atoms with E-state index in [2.05, 4.69) is 10.6 Å². The first-order chi connectivity index (χ1) is 11.6. The van der Waals surface area contributed by atoms with Gasteiger partial charge in [0.15, 0.2) is 0 Å². The second-order valence-corrected chi connectivity index (χ2v) is 5.99. The summed E-state index contributed by atoms with van der Waals surface area (Å²) in [6.07, 6.45) is 1.55. The normalized spacial score (nSPS) is 13.9. The zero-order chi connectivity index (χ0) is 16.9. The number of carbonyl (C=O) groups is 2. The highest BCUT2D eigenvalue weighted by molar-refractivity contribution is 5.95. The van der Waals surface area contributed by atoms with Crippen LogP contribution >= 0.6 is 0 Å². The number of urea groups is 1. The summed E-state index contributed by atoms with van der Waals surface area (Å²) in [5, 5.41) is 5.63. The largest absolute Gasteiger partial charge is 0.334 e. The Labute approximate surface area is 141 Å². The fourth-order valence-electron chi connectivity index (χ4n) is 2.71. The molecule has 0 atom stereocenters. The minimum atomic E-state index is -0.238. The number of rotatable bonds is 4. The van der Waals surface area contributed by atoms with Crippen LogP contribution in [0.15, 0.2) is 48.5 Å². The van der Waals surface area contributed by atoms with Crippen LogP contribution < -0.4 is 15.5 Å². The molecule has 1 aliphatic rings. The van der Waals surface area contributed by atoms with E-state index in [1.54, 1.807) is 4.90 Å². The van der Waals surface area contributed by atoms with E-state index in [9.17, 15) is 9.59 Å². The van der Waals surface area contributed by atoms with Crippen LogP contribution in [0.25, 0.3) is 0 Å². The summed E-state index contributed by atoms with van der Waals surface area (Å²) in [6.45, 7) is 3.23. The molecule has 2 N–H and O–H groups in total. The van der Waals surface area contributed by atoms with Crippen molar-refractivity contribution in [3.8, 4) is 0 Å². The third-order valence-electron chi connectivity index (χ3n) is 4.08. The topological polar surface area (TPSA) is 61.4 Å². The van der Waals surface area contributed by atoms with Crippen LogP contribution in [0.2, 0.25) is 0 Å². The minimum Gasteiger partial charge on any atom is -0.334 e. The van der Waals surface area contributed by atoms with Crippen molar-refractivity contribution in [3.63, 3.8) is 0 Å². The van der Waals surface area contributed by atoms with E-state index in [0.717, 1.165) is 35.5 Å². The molecule has 0 aromatic heterocycles. The Morgan fingerprint density at radius 1 is 1.08 bits per heavy atom. The Morgan fingerprint density at radius 2 is 1.79 bits per heavy atom. The Kier molecular flexibility index (Phi) is 4.79. The lowest BCUT2D eigenvalue weighted by Gasteiger charge is -2.16. The van der Waals surface area contributed by atoms with Crippen molar-refractivity contribution in [1.29, 1.82) is 0 Å². The van der Waals surface area contributed by atoms with Gasteiger partial charge in [-0.15, -0.1) is 0 Å². The van der Waals surface area contributed by atoms with Crippen molar-refractivity contribution in [2.24, 2.45) is 0 Å². The van der Waals surface area contributed by atoms with Gasteiger partial charge in [-0.3, -0.25) is 4.79 Å². The molecule has 0 bridgehead atoms. The summed E-state index contributed by atoms with van der Waals surface area (Å²) in [6, 6.07) is 15.1. The molecular formula is C19H21N3O2. The van der Waals surface area contributed by atoms with Crippen molar-refractivity contribution < 1.29 is 9.59 Å². The maximum atomic E-state index is 11.9. The Hall–Kier alpha value is -2.82. The second-order valence-electron chi connectivity index (χ2n) is 5.99. The summed E-state index contributed by atoms with van der Waals surface area (Å²) in [4.78, 5) is 25.5. The van der Waals surface area contributed by atoms with E-state index in [-0.39, 0.29) is 11.9 Å². The van der Waals surface area contributed by atoms with Crippen LogP contribution in [0.5, 0.6) is 0 Å². The van der Waals surface area contributed by atoms with Crippen molar-refractivity contribution in [2.75, 3.05) is 16.8 Å². The lowest BCUT2D eigenvalue weighted by Crippen LogP contribution is -2.28. The van der Waals surface area contributed by atoms with Crippen molar-refractivity contribution in [2.45, 2.75) is 26.3 Å². The van der Waals surface area contributed by atoms with Gasteiger partial charge in [0.1, 0.15) is 0 Å². The van der Waals surface area contributed by atoms with Crippen LogP contribution in [-0.2, 0) is 11.3 Å². The fraction of sp³-hybridized carbons (Fsp3) is 0.263. The summed E-state index contributed by atoms with van der Waals surface area (Å²) < 4.78 is 0. The number of nitrogens with zero attached hydrogens (tertiary/aromatic N) is 1. The summed E-state index contributed by atoms with van der Waals surface area (Å²) in [5.41, 5.74) is 3.83. The first-order valence-corrected chi connectivity index (χ1v) is 8.13. The molecule has 1 heterocycles. The molecule has 24 heavy (non-hydrogen) atoms. The van der Waals surface area contributed by atoms with Gasteiger partial charge in [-0.1, -0.05) is 29.8 Å². The molecule has 3 rings (SSSR count). The van der Waals surface area contributed by atoms with Crippen LogP contribution in [0, 0.1) is 6.92 Å². The Morgan fingerprint density at radius 3 is 2.42 bits per heavy atom. The number of nitrogens with one attached hydrogen (secondary N) is 2. The SMILES string of the molecule is Cc1ccc(NC(=O)NCc2ccc(N3CCCC3=O)cc2)cc1. The zero-order valence-corrected chi connectivity index (χ0v) is 13.7. The summed E-state index contributed by atoms with van der Waals surface area (Å²) >= 11 is 0. The van der Waals surface area contributed by atoms with Crippen molar-refractivity contribution in [3.05, 3.63) is 59.7 Å². The van der Waals surface area contributed by atoms with E-state index >= 15 is 0 Å². The van der Waals surface area contributed by atoms with E-state index in [0.29, 0.717) is 13.0 Å². The third kappa shape index (κ3) is 3.93. The van der Waals surface area contributed by atoms with E-state index in [1.165, 1.54) is 0 Å². The molecule has 5 nitrogen and oxygen atoms in total. The van der Waals surface area contributed by atoms with Crippen molar-refractivity contribution in [1.82, 2.24) is 5.32 Å². The third-order valence-corrected chi connectivity index (χ3v) is 4.08. The molecule has 0 radical (unpaired) electrons. The number of carbonyl (C=O) groups excluding carboxylic acids is 2. The standard InChI is InChI=1S/C19H21N3O2/c1-14-4-8-16(9-5-14)21-19(24)20-13-15-6-10-17(11-7-15)22-12-2-3-18(22)23/h4-11H,2-3,12-13H2,1H3,(H2,20,21,24). The van der Waals surface area contributed by atoms with Gasteiger partial charge in [-0.05, 0) is 43.2 Å². The molecule has 2 aromatic rings. The van der Waals surface area contributed by atoms with Gasteiger partial charge in [0.2, 0.25) is 5.91 Å². The van der Waals surface area contributed by atoms with Gasteiger partial charge < -0.3 is 15.5 Å². The second kappa shape index (κ2) is 7.17. The highest BCUT2D eigenvalue weighted by Gasteiger charge is 2.21. The van der Waals surface area contributed by atoms with Crippen LogP contribution in [0.3, 0.4) is 0 Å². The van der Waals surface area contributed by atoms with E-state index < -0.39 is 0 Å². The zero-order valence-electron chi connectivity index (χ0n) is 13.7. The molecular weight excluding hydrogens is 302 g/mol. The first-order valence-electron chi connectivity index (χ1n) is 8.13. The summed E-state index contributed by atoms with van der Waals surface area (Å²) in [7, 11) is 0. The van der Waals surface area contributed by atoms with Gasteiger partial charge in [-0.25, -0.2) is 4.79 Å². The lowest BCUT2D eigenvalue weighted by atomic mass is 10.2. The maximum Gasteiger partial charge on any atom is 0.319 e. The smallest absolute Gasteiger partial charge is 0.319 e. The minimum absolute atomic E-state index is 0.179. The van der Waals surface area contributed by atoms with Gasteiger partial charge in [0.05, 0.1) is 0 Å². The number of aryl methyl sites for hydroxylation is 1. The Balaban J connectivity index is 1.51. The number of hydrogen-bond donors (Lipinski definition) is 2. The predicted molar refractivity (Wildman–Crippen MR) is 95.1 cm³/mol. The van der Waals surface area contributed by atoms with Crippen LogP contribution in [-0.4, -0.2) is 18.5 Å². The van der Waals surface area contributed by atoms with E-state index in [4.69, 9.17) is 0 Å². The Bertz CT molecular complexity index is 723. The number of benzene rings is 2. The average molecular weight is 323 g/mol. The molecule has 0 unspecified atom stereocenters. The monoisotopic (exact) mass is 323 g/mol. The molecule has 1 aliphatic heterocycles. The average Bonchev–Trinajstić information content (AvgIpc) is 3.02. The predicted octanol–water partition coefficient (Wildman–Crippen LogP) is 3.44. The lowest BCUT2D eigenvalue weighted by molar-refractivity contribution is -0.117. The molecule has 2 aromatic carbocycles. The quantitative estimate of drug-likeness (QED) is 0.905. The summed E-state index contributed by atoms with van der Waals surface area (Å²) in [5.74, 6) is 0.179. The first kappa shape index (κ1) is 16.1. The molecule has 0 aliphatic carbocycles.